The summed E-state index contributed by atoms with van der Waals surface area (Å²) >= 11 is 11.2. The van der Waals surface area contributed by atoms with Crippen molar-refractivity contribution < 1.29 is 0 Å². The Hall–Kier alpha value is -1.06. The molecule has 0 saturated carbocycles. The summed E-state index contributed by atoms with van der Waals surface area (Å²) in [4.78, 5) is 0. The van der Waals surface area contributed by atoms with E-state index in [1.165, 1.54) is 23.2 Å². The standard InChI is InChI=1S/C14H15ClN2S/c15-13-3-1-2-11-9(4-5-12(11)13)6-10-7-16-14(8-18)17-10/h1-3,7-9,14,16-17H,4-6H2. The Morgan fingerprint density at radius 1 is 1.44 bits per heavy atom. The summed E-state index contributed by atoms with van der Waals surface area (Å²) in [5, 5.41) is 9.20. The van der Waals surface area contributed by atoms with Crippen molar-refractivity contribution in [1.82, 2.24) is 10.6 Å². The molecule has 2 unspecified atom stereocenters. The maximum Gasteiger partial charge on any atom is 0.126 e. The van der Waals surface area contributed by atoms with Gasteiger partial charge in [-0.1, -0.05) is 36.0 Å². The van der Waals surface area contributed by atoms with Crippen LogP contribution >= 0.6 is 23.8 Å². The average molecular weight is 279 g/mol. The zero-order valence-electron chi connectivity index (χ0n) is 9.95. The molecule has 3 rings (SSSR count). The minimum atomic E-state index is 0.107. The van der Waals surface area contributed by atoms with Crippen molar-refractivity contribution >= 4 is 29.2 Å². The predicted octanol–water partition coefficient (Wildman–Crippen LogP) is 3.12. The minimum absolute atomic E-state index is 0.107. The van der Waals surface area contributed by atoms with Gasteiger partial charge in [-0.25, -0.2) is 0 Å². The summed E-state index contributed by atoms with van der Waals surface area (Å²) in [7, 11) is 0. The highest BCUT2D eigenvalue weighted by molar-refractivity contribution is 7.79. The van der Waals surface area contributed by atoms with Crippen LogP contribution in [0.3, 0.4) is 0 Å². The van der Waals surface area contributed by atoms with E-state index in [4.69, 9.17) is 23.8 Å². The Balaban J connectivity index is 1.74. The summed E-state index contributed by atoms with van der Waals surface area (Å²) in [5.41, 5.74) is 3.98. The number of fused-ring (bicyclic) bond motifs is 1. The molecule has 1 aromatic rings. The third-order valence-corrected chi connectivity index (χ3v) is 4.34. The first-order valence-electron chi connectivity index (χ1n) is 6.22. The fourth-order valence-electron chi connectivity index (χ4n) is 2.84. The van der Waals surface area contributed by atoms with E-state index in [1.54, 1.807) is 5.37 Å². The van der Waals surface area contributed by atoms with Crippen LogP contribution in [0.4, 0.5) is 0 Å². The lowest BCUT2D eigenvalue weighted by Gasteiger charge is -2.14. The third-order valence-electron chi connectivity index (χ3n) is 3.72. The van der Waals surface area contributed by atoms with E-state index in [0.717, 1.165) is 17.9 Å². The van der Waals surface area contributed by atoms with Gasteiger partial charge in [-0.05, 0) is 42.4 Å². The van der Waals surface area contributed by atoms with Gasteiger partial charge in [0.25, 0.3) is 0 Å². The Labute approximate surface area is 117 Å². The molecule has 2 atom stereocenters. The van der Waals surface area contributed by atoms with Crippen LogP contribution in [-0.4, -0.2) is 11.5 Å². The van der Waals surface area contributed by atoms with Crippen LogP contribution in [0.2, 0.25) is 5.02 Å². The minimum Gasteiger partial charge on any atom is -0.366 e. The van der Waals surface area contributed by atoms with Gasteiger partial charge in [0.15, 0.2) is 0 Å². The first-order chi connectivity index (χ1) is 8.78. The molecular weight excluding hydrogens is 264 g/mol. The van der Waals surface area contributed by atoms with E-state index in [-0.39, 0.29) is 6.17 Å². The molecule has 0 radical (unpaired) electrons. The second-order valence-electron chi connectivity index (χ2n) is 4.84. The highest BCUT2D eigenvalue weighted by Crippen LogP contribution is 2.40. The SMILES string of the molecule is S=CC1NC=C(CC2CCc3c(Cl)cccc32)N1. The number of allylic oxidation sites excluding steroid dienone is 1. The molecule has 1 heterocycles. The topological polar surface area (TPSA) is 24.1 Å². The van der Waals surface area contributed by atoms with E-state index in [1.807, 2.05) is 18.3 Å². The smallest absolute Gasteiger partial charge is 0.126 e. The molecule has 1 aromatic carbocycles. The Bertz CT molecular complexity index is 513. The lowest BCUT2D eigenvalue weighted by Crippen LogP contribution is -2.32. The fourth-order valence-corrected chi connectivity index (χ4v) is 3.26. The number of hydrogen-bond acceptors (Lipinski definition) is 3. The van der Waals surface area contributed by atoms with Gasteiger partial charge in [0.2, 0.25) is 0 Å². The molecule has 2 aliphatic rings. The van der Waals surface area contributed by atoms with E-state index < -0.39 is 0 Å². The number of nitrogens with one attached hydrogen (secondary N) is 2. The van der Waals surface area contributed by atoms with Crippen LogP contribution in [0.15, 0.2) is 30.1 Å². The van der Waals surface area contributed by atoms with Crippen molar-refractivity contribution in [3.8, 4) is 0 Å². The lowest BCUT2D eigenvalue weighted by atomic mass is 9.96. The zero-order chi connectivity index (χ0) is 12.5. The third kappa shape index (κ3) is 2.13. The summed E-state index contributed by atoms with van der Waals surface area (Å²) in [6, 6.07) is 6.24. The van der Waals surface area contributed by atoms with Gasteiger partial charge in [-0.3, -0.25) is 0 Å². The van der Waals surface area contributed by atoms with E-state index >= 15 is 0 Å². The number of thiocarbonyl (C=S) groups is 1. The van der Waals surface area contributed by atoms with Gasteiger partial charge in [0.05, 0.1) is 0 Å². The van der Waals surface area contributed by atoms with Crippen LogP contribution in [0.1, 0.15) is 29.9 Å². The van der Waals surface area contributed by atoms with Crippen LogP contribution in [0.25, 0.3) is 0 Å². The quantitative estimate of drug-likeness (QED) is 0.831. The zero-order valence-corrected chi connectivity index (χ0v) is 11.5. The van der Waals surface area contributed by atoms with Crippen molar-refractivity contribution in [2.45, 2.75) is 31.3 Å². The lowest BCUT2D eigenvalue weighted by molar-refractivity contribution is 0.628. The molecule has 0 aromatic heterocycles. The second kappa shape index (κ2) is 4.90. The molecule has 0 spiro atoms. The molecular formula is C14H15ClN2S. The first kappa shape index (κ1) is 12.0. The fraction of sp³-hybridized carbons (Fsp3) is 0.357. The van der Waals surface area contributed by atoms with E-state index in [9.17, 15) is 0 Å². The maximum atomic E-state index is 6.24. The van der Waals surface area contributed by atoms with Gasteiger partial charge in [0.1, 0.15) is 6.17 Å². The Morgan fingerprint density at radius 3 is 3.11 bits per heavy atom. The normalized spacial score (nSPS) is 25.1. The van der Waals surface area contributed by atoms with Crippen molar-refractivity contribution in [3.05, 3.63) is 46.2 Å². The number of hydrogen-bond donors (Lipinski definition) is 2. The van der Waals surface area contributed by atoms with Crippen molar-refractivity contribution in [3.63, 3.8) is 0 Å². The molecule has 0 saturated heterocycles. The average Bonchev–Trinajstić information content (AvgIpc) is 2.98. The summed E-state index contributed by atoms with van der Waals surface area (Å²) in [6.07, 6.45) is 5.45. The van der Waals surface area contributed by atoms with E-state index in [0.29, 0.717) is 5.92 Å². The summed E-state index contributed by atoms with van der Waals surface area (Å²) in [6.45, 7) is 0. The summed E-state index contributed by atoms with van der Waals surface area (Å²) in [5.74, 6) is 0.572. The molecule has 2 nitrogen and oxygen atoms in total. The number of halogens is 1. The van der Waals surface area contributed by atoms with Crippen molar-refractivity contribution in [2.75, 3.05) is 0 Å². The largest absolute Gasteiger partial charge is 0.366 e. The molecule has 18 heavy (non-hydrogen) atoms. The van der Waals surface area contributed by atoms with Gasteiger partial charge in [0, 0.05) is 22.3 Å². The Kier molecular flexibility index (Phi) is 3.27. The molecule has 2 N–H and O–H groups in total. The van der Waals surface area contributed by atoms with E-state index in [2.05, 4.69) is 16.7 Å². The monoisotopic (exact) mass is 278 g/mol. The van der Waals surface area contributed by atoms with Crippen LogP contribution in [0.5, 0.6) is 0 Å². The molecule has 94 valence electrons. The molecule has 0 bridgehead atoms. The molecule has 0 amide bonds. The second-order valence-corrected chi connectivity index (χ2v) is 5.52. The van der Waals surface area contributed by atoms with Crippen LogP contribution in [0, 0.1) is 0 Å². The Morgan fingerprint density at radius 2 is 2.33 bits per heavy atom. The van der Waals surface area contributed by atoms with Gasteiger partial charge in [-0.2, -0.15) is 0 Å². The van der Waals surface area contributed by atoms with Crippen molar-refractivity contribution in [1.29, 1.82) is 0 Å². The summed E-state index contributed by atoms with van der Waals surface area (Å²) < 4.78 is 0. The number of rotatable bonds is 3. The molecule has 1 aliphatic carbocycles. The molecule has 4 heteroatoms. The van der Waals surface area contributed by atoms with Gasteiger partial charge >= 0.3 is 0 Å². The first-order valence-corrected chi connectivity index (χ1v) is 7.07. The predicted molar refractivity (Wildman–Crippen MR) is 78.9 cm³/mol. The van der Waals surface area contributed by atoms with Crippen LogP contribution < -0.4 is 10.6 Å². The van der Waals surface area contributed by atoms with Crippen LogP contribution in [-0.2, 0) is 6.42 Å². The molecule has 0 fully saturated rings. The molecule has 1 aliphatic heterocycles. The van der Waals surface area contributed by atoms with Gasteiger partial charge in [-0.15, -0.1) is 0 Å². The van der Waals surface area contributed by atoms with Crippen molar-refractivity contribution in [2.24, 2.45) is 0 Å². The highest BCUT2D eigenvalue weighted by atomic mass is 35.5. The maximum absolute atomic E-state index is 6.24. The highest BCUT2D eigenvalue weighted by Gasteiger charge is 2.26. The number of benzene rings is 1. The van der Waals surface area contributed by atoms with Gasteiger partial charge < -0.3 is 10.6 Å².